The van der Waals surface area contributed by atoms with Gasteiger partial charge in [0.05, 0.1) is 6.61 Å². The zero-order valence-corrected chi connectivity index (χ0v) is 10.3. The molecule has 0 spiro atoms. The fourth-order valence-corrected chi connectivity index (χ4v) is 1.34. The lowest BCUT2D eigenvalue weighted by atomic mass is 10.1. The van der Waals surface area contributed by atoms with E-state index >= 15 is 0 Å². The zero-order valence-electron chi connectivity index (χ0n) is 10.3. The molecule has 0 bridgehead atoms. The van der Waals surface area contributed by atoms with Crippen molar-refractivity contribution in [2.45, 2.75) is 20.3 Å². The second-order valence-corrected chi connectivity index (χ2v) is 3.88. The summed E-state index contributed by atoms with van der Waals surface area (Å²) >= 11 is 0. The summed E-state index contributed by atoms with van der Waals surface area (Å²) < 4.78 is 5.32. The zero-order chi connectivity index (χ0) is 12.7. The maximum absolute atomic E-state index is 11.7. The Balaban J connectivity index is 2.64. The summed E-state index contributed by atoms with van der Waals surface area (Å²) in [6, 6.07) is 3.52. The summed E-state index contributed by atoms with van der Waals surface area (Å²) in [6.07, 6.45) is 2.03. The van der Waals surface area contributed by atoms with Crippen molar-refractivity contribution >= 4 is 11.6 Å². The quantitative estimate of drug-likeness (QED) is 0.784. The predicted molar refractivity (Wildman–Crippen MR) is 66.9 cm³/mol. The molecule has 5 heteroatoms. The van der Waals surface area contributed by atoms with Crippen LogP contribution in [0.3, 0.4) is 0 Å². The number of aromatic nitrogens is 1. The SMILES string of the molecule is CCOc1ncccc1NC(=O)CC(C)CN. The molecule has 1 rings (SSSR count). The van der Waals surface area contributed by atoms with Crippen LogP contribution >= 0.6 is 0 Å². The van der Waals surface area contributed by atoms with Crippen LogP contribution < -0.4 is 15.8 Å². The number of rotatable bonds is 6. The number of carbonyl (C=O) groups is 1. The summed E-state index contributed by atoms with van der Waals surface area (Å²) in [5.41, 5.74) is 6.07. The fourth-order valence-electron chi connectivity index (χ4n) is 1.34. The van der Waals surface area contributed by atoms with Crippen molar-refractivity contribution in [2.24, 2.45) is 11.7 Å². The molecule has 0 radical (unpaired) electrons. The molecule has 1 heterocycles. The third-order valence-corrected chi connectivity index (χ3v) is 2.26. The Morgan fingerprint density at radius 2 is 2.41 bits per heavy atom. The fraction of sp³-hybridized carbons (Fsp3) is 0.500. The van der Waals surface area contributed by atoms with Gasteiger partial charge in [-0.1, -0.05) is 6.92 Å². The molecule has 17 heavy (non-hydrogen) atoms. The minimum atomic E-state index is -0.0723. The molecule has 0 aromatic carbocycles. The minimum absolute atomic E-state index is 0.0723. The van der Waals surface area contributed by atoms with Gasteiger partial charge >= 0.3 is 0 Å². The third kappa shape index (κ3) is 4.40. The van der Waals surface area contributed by atoms with E-state index in [1.54, 1.807) is 18.3 Å². The molecule has 94 valence electrons. The van der Waals surface area contributed by atoms with Gasteiger partial charge in [-0.15, -0.1) is 0 Å². The van der Waals surface area contributed by atoms with Crippen LogP contribution in [0.25, 0.3) is 0 Å². The third-order valence-electron chi connectivity index (χ3n) is 2.26. The number of nitrogens with zero attached hydrogens (tertiary/aromatic N) is 1. The Bertz CT molecular complexity index is 369. The topological polar surface area (TPSA) is 77.2 Å². The molecule has 0 aliphatic rings. The molecule has 1 aromatic rings. The summed E-state index contributed by atoms with van der Waals surface area (Å²) in [6.45, 7) is 4.82. The standard InChI is InChI=1S/C12H19N3O2/c1-3-17-12-10(5-4-6-14-12)15-11(16)7-9(2)8-13/h4-6,9H,3,7-8,13H2,1-2H3,(H,15,16). The summed E-state index contributed by atoms with van der Waals surface area (Å²) in [4.78, 5) is 15.7. The molecule has 1 amide bonds. The van der Waals surface area contributed by atoms with E-state index in [2.05, 4.69) is 10.3 Å². The first-order valence-electron chi connectivity index (χ1n) is 5.75. The van der Waals surface area contributed by atoms with Crippen LogP contribution in [0.4, 0.5) is 5.69 Å². The number of pyridine rings is 1. The van der Waals surface area contributed by atoms with E-state index in [1.807, 2.05) is 13.8 Å². The first-order valence-corrected chi connectivity index (χ1v) is 5.75. The first-order chi connectivity index (χ1) is 8.17. The Morgan fingerprint density at radius 1 is 1.65 bits per heavy atom. The number of amides is 1. The molecule has 5 nitrogen and oxygen atoms in total. The molecule has 1 atom stereocenters. The van der Waals surface area contributed by atoms with Gasteiger partial charge in [0.15, 0.2) is 0 Å². The smallest absolute Gasteiger partial charge is 0.237 e. The van der Waals surface area contributed by atoms with Crippen LogP contribution in [0, 0.1) is 5.92 Å². The van der Waals surface area contributed by atoms with Crippen molar-refractivity contribution < 1.29 is 9.53 Å². The van der Waals surface area contributed by atoms with Crippen LogP contribution in [0.2, 0.25) is 0 Å². The van der Waals surface area contributed by atoms with E-state index in [0.717, 1.165) is 0 Å². The number of nitrogens with one attached hydrogen (secondary N) is 1. The lowest BCUT2D eigenvalue weighted by Gasteiger charge is -2.11. The number of hydrogen-bond donors (Lipinski definition) is 2. The van der Waals surface area contributed by atoms with Crippen molar-refractivity contribution in [3.05, 3.63) is 18.3 Å². The average molecular weight is 237 g/mol. The second kappa shape index (κ2) is 6.85. The van der Waals surface area contributed by atoms with Gasteiger partial charge in [0.1, 0.15) is 5.69 Å². The molecule has 0 aliphatic carbocycles. The van der Waals surface area contributed by atoms with Gasteiger partial charge in [0.2, 0.25) is 11.8 Å². The maximum atomic E-state index is 11.7. The van der Waals surface area contributed by atoms with Gasteiger partial charge in [-0.25, -0.2) is 4.98 Å². The van der Waals surface area contributed by atoms with Crippen LogP contribution in [-0.4, -0.2) is 24.0 Å². The van der Waals surface area contributed by atoms with Gasteiger partial charge < -0.3 is 15.8 Å². The second-order valence-electron chi connectivity index (χ2n) is 3.88. The maximum Gasteiger partial charge on any atom is 0.237 e. The van der Waals surface area contributed by atoms with E-state index in [-0.39, 0.29) is 11.8 Å². The highest BCUT2D eigenvalue weighted by Gasteiger charge is 2.11. The van der Waals surface area contributed by atoms with Gasteiger partial charge in [0.25, 0.3) is 0 Å². The molecule has 0 fully saturated rings. The largest absolute Gasteiger partial charge is 0.476 e. The lowest BCUT2D eigenvalue weighted by molar-refractivity contribution is -0.116. The highest BCUT2D eigenvalue weighted by molar-refractivity contribution is 5.91. The number of nitrogens with two attached hydrogens (primary N) is 1. The van der Waals surface area contributed by atoms with Crippen molar-refractivity contribution in [3.63, 3.8) is 0 Å². The van der Waals surface area contributed by atoms with Crippen LogP contribution in [0.5, 0.6) is 5.88 Å². The predicted octanol–water partition coefficient (Wildman–Crippen LogP) is 1.40. The molecular weight excluding hydrogens is 218 g/mol. The van der Waals surface area contributed by atoms with Crippen molar-refractivity contribution in [3.8, 4) is 5.88 Å². The number of anilines is 1. The van der Waals surface area contributed by atoms with Gasteiger partial charge in [-0.3, -0.25) is 4.79 Å². The molecule has 1 unspecified atom stereocenters. The highest BCUT2D eigenvalue weighted by Crippen LogP contribution is 2.20. The minimum Gasteiger partial charge on any atom is -0.476 e. The Hall–Kier alpha value is -1.62. The van der Waals surface area contributed by atoms with Crippen LogP contribution in [0.15, 0.2) is 18.3 Å². The van der Waals surface area contributed by atoms with Crippen molar-refractivity contribution in [1.82, 2.24) is 4.98 Å². The molecule has 0 saturated heterocycles. The van der Waals surface area contributed by atoms with Crippen molar-refractivity contribution in [1.29, 1.82) is 0 Å². The summed E-state index contributed by atoms with van der Waals surface area (Å²) in [5.74, 6) is 0.544. The molecule has 0 aliphatic heterocycles. The van der Waals surface area contributed by atoms with E-state index in [4.69, 9.17) is 10.5 Å². The lowest BCUT2D eigenvalue weighted by Crippen LogP contribution is -2.20. The Morgan fingerprint density at radius 3 is 3.06 bits per heavy atom. The number of ether oxygens (including phenoxy) is 1. The van der Waals surface area contributed by atoms with Gasteiger partial charge in [0, 0.05) is 12.6 Å². The van der Waals surface area contributed by atoms with E-state index < -0.39 is 0 Å². The Labute approximate surface area is 101 Å². The van der Waals surface area contributed by atoms with E-state index in [9.17, 15) is 4.79 Å². The first kappa shape index (κ1) is 13.4. The van der Waals surface area contributed by atoms with E-state index in [1.165, 1.54) is 0 Å². The normalized spacial score (nSPS) is 11.9. The molecule has 1 aromatic heterocycles. The monoisotopic (exact) mass is 237 g/mol. The molecule has 0 saturated carbocycles. The van der Waals surface area contributed by atoms with Crippen LogP contribution in [0.1, 0.15) is 20.3 Å². The van der Waals surface area contributed by atoms with Crippen LogP contribution in [-0.2, 0) is 4.79 Å². The average Bonchev–Trinajstić information content (AvgIpc) is 2.31. The van der Waals surface area contributed by atoms with E-state index in [0.29, 0.717) is 31.1 Å². The highest BCUT2D eigenvalue weighted by atomic mass is 16.5. The molecular formula is C12H19N3O2. The van der Waals surface area contributed by atoms with Gasteiger partial charge in [-0.2, -0.15) is 0 Å². The Kier molecular flexibility index (Phi) is 5.42. The summed E-state index contributed by atoms with van der Waals surface area (Å²) in [7, 11) is 0. The summed E-state index contributed by atoms with van der Waals surface area (Å²) in [5, 5.41) is 2.78. The number of hydrogen-bond acceptors (Lipinski definition) is 4. The molecule has 3 N–H and O–H groups in total. The van der Waals surface area contributed by atoms with Crippen molar-refractivity contribution in [2.75, 3.05) is 18.5 Å². The number of carbonyl (C=O) groups excluding carboxylic acids is 1. The van der Waals surface area contributed by atoms with Gasteiger partial charge in [-0.05, 0) is 31.5 Å².